The Morgan fingerprint density at radius 1 is 1.37 bits per heavy atom. The molecular weight excluding hydrogens is 242 g/mol. The summed E-state index contributed by atoms with van der Waals surface area (Å²) >= 11 is 0. The van der Waals surface area contributed by atoms with Gasteiger partial charge in [0.2, 0.25) is 0 Å². The fourth-order valence-corrected chi connectivity index (χ4v) is 2.02. The molecule has 1 fully saturated rings. The van der Waals surface area contributed by atoms with E-state index in [2.05, 4.69) is 19.2 Å². The Bertz CT molecular complexity index is 277. The normalized spacial score (nSPS) is 18.5. The van der Waals surface area contributed by atoms with Gasteiger partial charge in [0.25, 0.3) is 0 Å². The van der Waals surface area contributed by atoms with Gasteiger partial charge in [-0.3, -0.25) is 10.1 Å². The Balaban J connectivity index is 2.09. The average molecular weight is 271 g/mol. The van der Waals surface area contributed by atoms with Crippen molar-refractivity contribution in [2.24, 2.45) is 5.92 Å². The van der Waals surface area contributed by atoms with E-state index in [1.165, 1.54) is 0 Å². The van der Waals surface area contributed by atoms with E-state index in [0.717, 1.165) is 45.3 Å². The van der Waals surface area contributed by atoms with E-state index in [0.29, 0.717) is 18.4 Å². The van der Waals surface area contributed by atoms with Gasteiger partial charge in [0.05, 0.1) is 0 Å². The first-order valence-corrected chi connectivity index (χ1v) is 7.53. The van der Waals surface area contributed by atoms with Crippen LogP contribution in [-0.4, -0.2) is 35.9 Å². The van der Waals surface area contributed by atoms with Crippen LogP contribution in [-0.2, 0) is 9.53 Å². The number of nitrogens with one attached hydrogen (secondary N) is 1. The van der Waals surface area contributed by atoms with Crippen LogP contribution in [0, 0.1) is 5.92 Å². The molecular formula is C15H29NO3. The summed E-state index contributed by atoms with van der Waals surface area (Å²) in [6, 6.07) is 0.420. The highest BCUT2D eigenvalue weighted by Gasteiger charge is 2.37. The molecule has 0 aliphatic heterocycles. The Hall–Kier alpha value is -0.610. The minimum absolute atomic E-state index is 0.420. The van der Waals surface area contributed by atoms with Crippen molar-refractivity contribution < 1.29 is 14.6 Å². The van der Waals surface area contributed by atoms with Gasteiger partial charge in [0.15, 0.2) is 0 Å². The fourth-order valence-electron chi connectivity index (χ4n) is 2.02. The first-order valence-electron chi connectivity index (χ1n) is 7.53. The standard InChI is InChI=1S/C15H29NO3/c1-12(2)8-11-19-10-5-4-9-15(3,14(17)18)16-13-6-7-13/h12-13,16H,4-11H2,1-3H3,(H,17,18). The molecule has 4 heteroatoms. The molecule has 1 rings (SSSR count). The lowest BCUT2D eigenvalue weighted by molar-refractivity contribution is -0.144. The maximum absolute atomic E-state index is 11.3. The second-order valence-corrected chi connectivity index (χ2v) is 6.31. The molecule has 0 aromatic carbocycles. The monoisotopic (exact) mass is 271 g/mol. The van der Waals surface area contributed by atoms with E-state index >= 15 is 0 Å². The van der Waals surface area contributed by atoms with Crippen LogP contribution < -0.4 is 5.32 Å². The number of carboxylic acid groups (broad SMARTS) is 1. The van der Waals surface area contributed by atoms with E-state index in [1.54, 1.807) is 6.92 Å². The quantitative estimate of drug-likeness (QED) is 0.567. The van der Waals surface area contributed by atoms with Crippen LogP contribution in [0.25, 0.3) is 0 Å². The summed E-state index contributed by atoms with van der Waals surface area (Å²) in [6.07, 6.45) is 5.82. The Morgan fingerprint density at radius 3 is 2.58 bits per heavy atom. The third-order valence-corrected chi connectivity index (χ3v) is 3.63. The zero-order chi connectivity index (χ0) is 14.3. The summed E-state index contributed by atoms with van der Waals surface area (Å²) in [7, 11) is 0. The Morgan fingerprint density at radius 2 is 2.05 bits per heavy atom. The van der Waals surface area contributed by atoms with Crippen molar-refractivity contribution in [3.05, 3.63) is 0 Å². The molecule has 0 bridgehead atoms. The molecule has 4 nitrogen and oxygen atoms in total. The SMILES string of the molecule is CC(C)CCOCCCCC(C)(NC1CC1)C(=O)O. The van der Waals surface area contributed by atoms with Crippen molar-refractivity contribution >= 4 is 5.97 Å². The molecule has 0 amide bonds. The predicted octanol–water partition coefficient (Wildman–Crippen LogP) is 2.81. The van der Waals surface area contributed by atoms with Crippen molar-refractivity contribution in [3.63, 3.8) is 0 Å². The van der Waals surface area contributed by atoms with Crippen molar-refractivity contribution in [1.82, 2.24) is 5.32 Å². The van der Waals surface area contributed by atoms with E-state index in [9.17, 15) is 9.90 Å². The van der Waals surface area contributed by atoms with Gasteiger partial charge in [-0.05, 0) is 51.4 Å². The third kappa shape index (κ3) is 6.92. The third-order valence-electron chi connectivity index (χ3n) is 3.63. The maximum Gasteiger partial charge on any atom is 0.323 e. The molecule has 0 aromatic heterocycles. The summed E-state index contributed by atoms with van der Waals surface area (Å²) < 4.78 is 5.55. The molecule has 1 atom stereocenters. The molecule has 112 valence electrons. The highest BCUT2D eigenvalue weighted by molar-refractivity contribution is 5.78. The van der Waals surface area contributed by atoms with Gasteiger partial charge in [-0.1, -0.05) is 13.8 Å². The average Bonchev–Trinajstić information content (AvgIpc) is 3.11. The second kappa shape index (κ2) is 7.85. The number of aliphatic carboxylic acids is 1. The molecule has 1 saturated carbocycles. The van der Waals surface area contributed by atoms with Gasteiger partial charge in [-0.15, -0.1) is 0 Å². The van der Waals surface area contributed by atoms with Crippen molar-refractivity contribution in [3.8, 4) is 0 Å². The molecule has 0 aromatic rings. The summed E-state index contributed by atoms with van der Waals surface area (Å²) in [5.41, 5.74) is -0.765. The lowest BCUT2D eigenvalue weighted by Crippen LogP contribution is -2.50. The van der Waals surface area contributed by atoms with Gasteiger partial charge in [0.1, 0.15) is 5.54 Å². The molecule has 0 heterocycles. The molecule has 1 aliphatic carbocycles. The van der Waals surface area contributed by atoms with Crippen molar-refractivity contribution in [2.45, 2.75) is 70.9 Å². The van der Waals surface area contributed by atoms with Crippen molar-refractivity contribution in [2.75, 3.05) is 13.2 Å². The number of hydrogen-bond acceptors (Lipinski definition) is 3. The van der Waals surface area contributed by atoms with Gasteiger partial charge in [-0.25, -0.2) is 0 Å². The molecule has 19 heavy (non-hydrogen) atoms. The molecule has 1 aliphatic rings. The van der Waals surface area contributed by atoms with Gasteiger partial charge >= 0.3 is 5.97 Å². The highest BCUT2D eigenvalue weighted by atomic mass is 16.5. The zero-order valence-corrected chi connectivity index (χ0v) is 12.6. The number of hydrogen-bond donors (Lipinski definition) is 2. The number of unbranched alkanes of at least 4 members (excludes halogenated alkanes) is 1. The van der Waals surface area contributed by atoms with Crippen LogP contribution in [0.2, 0.25) is 0 Å². The van der Waals surface area contributed by atoms with E-state index < -0.39 is 11.5 Å². The largest absolute Gasteiger partial charge is 0.480 e. The molecule has 0 radical (unpaired) electrons. The van der Waals surface area contributed by atoms with Crippen LogP contribution in [0.1, 0.15) is 59.3 Å². The van der Waals surface area contributed by atoms with Crippen LogP contribution in [0.3, 0.4) is 0 Å². The van der Waals surface area contributed by atoms with Gasteiger partial charge < -0.3 is 9.84 Å². The van der Waals surface area contributed by atoms with Crippen LogP contribution in [0.4, 0.5) is 0 Å². The van der Waals surface area contributed by atoms with E-state index in [1.807, 2.05) is 0 Å². The molecule has 0 spiro atoms. The summed E-state index contributed by atoms with van der Waals surface area (Å²) in [5.74, 6) is -0.0573. The second-order valence-electron chi connectivity index (χ2n) is 6.31. The smallest absolute Gasteiger partial charge is 0.323 e. The Kier molecular flexibility index (Phi) is 6.80. The number of carbonyl (C=O) groups is 1. The first-order chi connectivity index (χ1) is 8.94. The first kappa shape index (κ1) is 16.4. The molecule has 1 unspecified atom stereocenters. The summed E-state index contributed by atoms with van der Waals surface area (Å²) in [6.45, 7) is 7.73. The Labute approximate surface area is 116 Å². The van der Waals surface area contributed by atoms with E-state index in [4.69, 9.17) is 4.74 Å². The molecule has 0 saturated heterocycles. The fraction of sp³-hybridized carbons (Fsp3) is 0.933. The van der Waals surface area contributed by atoms with Gasteiger partial charge in [0, 0.05) is 19.3 Å². The topological polar surface area (TPSA) is 58.6 Å². The minimum Gasteiger partial charge on any atom is -0.480 e. The minimum atomic E-state index is -0.765. The van der Waals surface area contributed by atoms with Crippen LogP contribution in [0.15, 0.2) is 0 Å². The summed E-state index contributed by atoms with van der Waals surface area (Å²) in [4.78, 5) is 11.3. The van der Waals surface area contributed by atoms with Gasteiger partial charge in [-0.2, -0.15) is 0 Å². The van der Waals surface area contributed by atoms with Crippen molar-refractivity contribution in [1.29, 1.82) is 0 Å². The van der Waals surface area contributed by atoms with Crippen LogP contribution >= 0.6 is 0 Å². The zero-order valence-electron chi connectivity index (χ0n) is 12.6. The number of rotatable bonds is 11. The number of carboxylic acids is 1. The highest BCUT2D eigenvalue weighted by Crippen LogP contribution is 2.25. The molecule has 2 N–H and O–H groups in total. The predicted molar refractivity (Wildman–Crippen MR) is 76.3 cm³/mol. The number of ether oxygens (including phenoxy) is 1. The lowest BCUT2D eigenvalue weighted by Gasteiger charge is -2.26. The summed E-state index contributed by atoms with van der Waals surface area (Å²) in [5, 5.41) is 12.6. The lowest BCUT2D eigenvalue weighted by atomic mass is 9.95. The van der Waals surface area contributed by atoms with Crippen LogP contribution in [0.5, 0.6) is 0 Å². The maximum atomic E-state index is 11.3. The van der Waals surface area contributed by atoms with E-state index in [-0.39, 0.29) is 0 Å².